The Hall–Kier alpha value is -2.31. The van der Waals surface area contributed by atoms with E-state index in [-0.39, 0.29) is 5.16 Å². The largest absolute Gasteiger partial charge is 0.508 e. The van der Waals surface area contributed by atoms with E-state index in [4.69, 9.17) is 0 Å². The molecule has 0 heterocycles. The first-order valence-electron chi connectivity index (χ1n) is 9.47. The molecule has 2 N–H and O–H groups in total. The number of phenols is 1. The highest BCUT2D eigenvalue weighted by Gasteiger charge is 2.28. The van der Waals surface area contributed by atoms with E-state index in [1.54, 1.807) is 0 Å². The van der Waals surface area contributed by atoms with Crippen molar-refractivity contribution in [3.8, 4) is 5.75 Å². The van der Waals surface area contributed by atoms with Gasteiger partial charge in [0, 0.05) is 23.0 Å². The molecule has 140 valence electrons. The van der Waals surface area contributed by atoms with Crippen molar-refractivity contribution < 1.29 is 5.11 Å². The molecule has 0 saturated carbocycles. The molecule has 0 aliphatic heterocycles. The summed E-state index contributed by atoms with van der Waals surface area (Å²) >= 11 is 0. The van der Waals surface area contributed by atoms with Crippen LogP contribution in [0.3, 0.4) is 0 Å². The van der Waals surface area contributed by atoms with Gasteiger partial charge in [0.2, 0.25) is 0 Å². The summed E-state index contributed by atoms with van der Waals surface area (Å²) in [7, 11) is 0.585. The molecule has 2 unspecified atom stereocenters. The lowest BCUT2D eigenvalue weighted by Crippen LogP contribution is -2.21. The molecule has 27 heavy (non-hydrogen) atoms. The van der Waals surface area contributed by atoms with Crippen LogP contribution in [0.5, 0.6) is 5.75 Å². The van der Waals surface area contributed by atoms with E-state index in [0.29, 0.717) is 14.3 Å². The predicted molar refractivity (Wildman–Crippen MR) is 119 cm³/mol. The Kier molecular flexibility index (Phi) is 6.19. The Balaban J connectivity index is 1.86. The summed E-state index contributed by atoms with van der Waals surface area (Å²) in [6.45, 7) is 7.35. The lowest BCUT2D eigenvalue weighted by Gasteiger charge is -2.31. The molecule has 0 aromatic heterocycles. The number of hydrogen-bond donors (Lipinski definition) is 2. The minimum Gasteiger partial charge on any atom is -0.508 e. The monoisotopic (exact) mass is 377 g/mol. The van der Waals surface area contributed by atoms with Crippen molar-refractivity contribution in [2.75, 3.05) is 5.32 Å². The van der Waals surface area contributed by atoms with Crippen LogP contribution in [0.15, 0.2) is 72.8 Å². The molecule has 2 nitrogen and oxygen atoms in total. The first-order chi connectivity index (χ1) is 13.0. The fourth-order valence-corrected chi connectivity index (χ4v) is 4.90. The van der Waals surface area contributed by atoms with Crippen molar-refractivity contribution >= 4 is 19.6 Å². The van der Waals surface area contributed by atoms with Crippen molar-refractivity contribution in [2.45, 2.75) is 38.9 Å². The molecule has 0 amide bonds. The molecule has 0 fully saturated rings. The number of phenolic OH excluding ortho intramolecular Hbond substituents is 1. The van der Waals surface area contributed by atoms with Crippen LogP contribution in [0.1, 0.15) is 37.0 Å². The Labute approximate surface area is 164 Å². The van der Waals surface area contributed by atoms with Gasteiger partial charge in [-0.25, -0.2) is 0 Å². The van der Waals surface area contributed by atoms with Gasteiger partial charge < -0.3 is 10.4 Å². The molecule has 0 saturated heterocycles. The molecule has 0 radical (unpaired) electrons. The molecular formula is C24H28NOP. The SMILES string of the molecule is CCC(C)(Pc1ccccc1CNc1ccccc1)c1cc(C)ccc1O. The summed E-state index contributed by atoms with van der Waals surface area (Å²) in [5.41, 5.74) is 4.68. The lowest BCUT2D eigenvalue weighted by atomic mass is 9.95. The summed E-state index contributed by atoms with van der Waals surface area (Å²) in [6, 6.07) is 24.9. The Morgan fingerprint density at radius 1 is 0.963 bits per heavy atom. The molecule has 0 aliphatic rings. The zero-order chi connectivity index (χ0) is 19.3. The second-order valence-corrected chi connectivity index (χ2v) is 9.10. The maximum atomic E-state index is 10.5. The van der Waals surface area contributed by atoms with Gasteiger partial charge in [-0.2, -0.15) is 0 Å². The highest BCUT2D eigenvalue weighted by atomic mass is 31.1. The third-order valence-electron chi connectivity index (χ3n) is 5.14. The van der Waals surface area contributed by atoms with Gasteiger partial charge in [-0.15, -0.1) is 0 Å². The molecule has 0 spiro atoms. The maximum absolute atomic E-state index is 10.5. The lowest BCUT2D eigenvalue weighted by molar-refractivity contribution is 0.456. The molecule has 3 rings (SSSR count). The maximum Gasteiger partial charge on any atom is 0.119 e. The third kappa shape index (κ3) is 4.70. The average molecular weight is 377 g/mol. The Morgan fingerprint density at radius 2 is 1.67 bits per heavy atom. The van der Waals surface area contributed by atoms with Crippen LogP contribution in [-0.2, 0) is 11.7 Å². The van der Waals surface area contributed by atoms with Crippen LogP contribution < -0.4 is 10.6 Å². The van der Waals surface area contributed by atoms with Gasteiger partial charge in [0.1, 0.15) is 5.75 Å². The van der Waals surface area contributed by atoms with Crippen LogP contribution in [0.4, 0.5) is 5.69 Å². The van der Waals surface area contributed by atoms with Crippen LogP contribution in [0.25, 0.3) is 0 Å². The number of benzene rings is 3. The van der Waals surface area contributed by atoms with Crippen LogP contribution in [-0.4, -0.2) is 5.11 Å². The first kappa shape index (κ1) is 19.5. The first-order valence-corrected chi connectivity index (χ1v) is 10.5. The minimum absolute atomic E-state index is 0.0844. The molecule has 3 aromatic rings. The third-order valence-corrected chi connectivity index (χ3v) is 7.07. The average Bonchev–Trinajstić information content (AvgIpc) is 2.70. The summed E-state index contributed by atoms with van der Waals surface area (Å²) in [5, 5.41) is 15.3. The van der Waals surface area contributed by atoms with Crippen molar-refractivity contribution in [1.29, 1.82) is 0 Å². The van der Waals surface area contributed by atoms with Gasteiger partial charge in [0.15, 0.2) is 0 Å². The summed E-state index contributed by atoms with van der Waals surface area (Å²) in [4.78, 5) is 0. The Bertz CT molecular complexity index is 894. The molecular weight excluding hydrogens is 349 g/mol. The fourth-order valence-electron chi connectivity index (χ4n) is 3.28. The van der Waals surface area contributed by atoms with Gasteiger partial charge in [0.05, 0.1) is 0 Å². The van der Waals surface area contributed by atoms with E-state index in [1.807, 2.05) is 30.3 Å². The van der Waals surface area contributed by atoms with E-state index in [2.05, 4.69) is 68.6 Å². The van der Waals surface area contributed by atoms with Crippen molar-refractivity contribution in [1.82, 2.24) is 0 Å². The summed E-state index contributed by atoms with van der Waals surface area (Å²) < 4.78 is 0. The number of nitrogens with one attached hydrogen (secondary N) is 1. The smallest absolute Gasteiger partial charge is 0.119 e. The standard InChI is InChI=1S/C24H28NOP/c1-4-24(3,21-16-18(2)14-15-22(21)26)27-23-13-9-8-10-19(23)17-25-20-11-6-5-7-12-20/h5-16,25-27H,4,17H2,1-3H3. The molecule has 2 atom stereocenters. The number of aryl methyl sites for hydroxylation is 1. The van der Waals surface area contributed by atoms with Gasteiger partial charge >= 0.3 is 0 Å². The van der Waals surface area contributed by atoms with Crippen LogP contribution in [0.2, 0.25) is 0 Å². The van der Waals surface area contributed by atoms with Gasteiger partial charge in [-0.05, 0) is 42.4 Å². The van der Waals surface area contributed by atoms with Crippen LogP contribution in [0, 0.1) is 6.92 Å². The number of rotatable bonds is 7. The summed E-state index contributed by atoms with van der Waals surface area (Å²) in [5.74, 6) is 0.400. The van der Waals surface area contributed by atoms with Crippen molar-refractivity contribution in [3.05, 3.63) is 89.5 Å². The van der Waals surface area contributed by atoms with E-state index in [0.717, 1.165) is 24.2 Å². The summed E-state index contributed by atoms with van der Waals surface area (Å²) in [6.07, 6.45) is 0.975. The van der Waals surface area contributed by atoms with Crippen molar-refractivity contribution in [2.24, 2.45) is 0 Å². The van der Waals surface area contributed by atoms with Crippen LogP contribution >= 0.6 is 8.58 Å². The number of para-hydroxylation sites is 1. The normalized spacial score (nSPS) is 13.6. The number of aromatic hydroxyl groups is 1. The topological polar surface area (TPSA) is 32.3 Å². The van der Waals surface area contributed by atoms with E-state index >= 15 is 0 Å². The Morgan fingerprint density at radius 3 is 2.41 bits per heavy atom. The molecule has 0 bridgehead atoms. The van der Waals surface area contributed by atoms with E-state index < -0.39 is 0 Å². The van der Waals surface area contributed by atoms with Gasteiger partial charge in [-0.1, -0.05) is 82.6 Å². The van der Waals surface area contributed by atoms with Gasteiger partial charge in [-0.3, -0.25) is 0 Å². The van der Waals surface area contributed by atoms with E-state index in [9.17, 15) is 5.11 Å². The predicted octanol–water partition coefficient (Wildman–Crippen LogP) is 5.94. The van der Waals surface area contributed by atoms with E-state index in [1.165, 1.54) is 16.4 Å². The second kappa shape index (κ2) is 8.59. The molecule has 3 aromatic carbocycles. The number of anilines is 1. The quantitative estimate of drug-likeness (QED) is 0.499. The highest BCUT2D eigenvalue weighted by molar-refractivity contribution is 7.48. The highest BCUT2D eigenvalue weighted by Crippen LogP contribution is 2.47. The minimum atomic E-state index is -0.0844. The zero-order valence-corrected chi connectivity index (χ0v) is 17.3. The zero-order valence-electron chi connectivity index (χ0n) is 16.3. The molecule has 0 aliphatic carbocycles. The molecule has 3 heteroatoms. The number of hydrogen-bond acceptors (Lipinski definition) is 2. The van der Waals surface area contributed by atoms with Gasteiger partial charge in [0.25, 0.3) is 0 Å². The fraction of sp³-hybridized carbons (Fsp3) is 0.250. The second-order valence-electron chi connectivity index (χ2n) is 7.21. The van der Waals surface area contributed by atoms with Crippen molar-refractivity contribution in [3.63, 3.8) is 0 Å².